The quantitative estimate of drug-likeness (QED) is 0.721. The predicted molar refractivity (Wildman–Crippen MR) is 98.7 cm³/mol. The summed E-state index contributed by atoms with van der Waals surface area (Å²) in [5, 5.41) is 0. The van der Waals surface area contributed by atoms with Crippen molar-refractivity contribution in [2.75, 3.05) is 0 Å². The molecular weight excluding hydrogens is 376 g/mol. The lowest BCUT2D eigenvalue weighted by atomic mass is 9.92. The molecule has 0 aliphatic rings. The Hall–Kier alpha value is -1.74. The van der Waals surface area contributed by atoms with Gasteiger partial charge in [0.05, 0.1) is 9.79 Å². The second-order valence-electron chi connectivity index (χ2n) is 6.54. The molecule has 0 radical (unpaired) electrons. The van der Waals surface area contributed by atoms with E-state index in [-0.39, 0.29) is 15.7 Å². The van der Waals surface area contributed by atoms with Gasteiger partial charge in [-0.1, -0.05) is 42.3 Å². The lowest BCUT2D eigenvalue weighted by molar-refractivity contribution is 0.480. The smallest absolute Gasteiger partial charge is 0.282 e. The van der Waals surface area contributed by atoms with Gasteiger partial charge in [-0.05, 0) is 55.9 Å². The minimum absolute atomic E-state index is 0.144. The van der Waals surface area contributed by atoms with Gasteiger partial charge >= 0.3 is 0 Å². The highest BCUT2D eigenvalue weighted by molar-refractivity contribution is 7.86. The molecule has 142 valence electrons. The molecule has 0 aliphatic heterocycles. The Labute approximate surface area is 154 Å². The van der Waals surface area contributed by atoms with E-state index in [0.717, 1.165) is 11.1 Å². The molecule has 0 fully saturated rings. The Balaban J connectivity index is 2.35. The molecule has 0 aromatic heterocycles. The van der Waals surface area contributed by atoms with Gasteiger partial charge in [-0.25, -0.2) is 0 Å². The lowest BCUT2D eigenvalue weighted by Crippen LogP contribution is -2.08. The van der Waals surface area contributed by atoms with Gasteiger partial charge in [0.15, 0.2) is 0 Å². The highest BCUT2D eigenvalue weighted by Gasteiger charge is 2.21. The molecule has 8 heteroatoms. The van der Waals surface area contributed by atoms with E-state index in [1.807, 2.05) is 20.8 Å². The minimum atomic E-state index is -4.35. The van der Waals surface area contributed by atoms with Crippen molar-refractivity contribution in [3.05, 3.63) is 58.7 Å². The highest BCUT2D eigenvalue weighted by Crippen LogP contribution is 2.30. The first-order chi connectivity index (χ1) is 11.9. The van der Waals surface area contributed by atoms with Gasteiger partial charge in [-0.15, -0.1) is 0 Å². The summed E-state index contributed by atoms with van der Waals surface area (Å²) in [4.78, 5) is -0.288. The molecule has 0 spiro atoms. The second kappa shape index (κ2) is 7.48. The van der Waals surface area contributed by atoms with Gasteiger partial charge in [0.25, 0.3) is 20.2 Å². The first-order valence-corrected chi connectivity index (χ1v) is 10.9. The molecule has 0 heterocycles. The number of rotatable bonds is 6. The maximum atomic E-state index is 11.6. The largest absolute Gasteiger partial charge is 0.294 e. The van der Waals surface area contributed by atoms with Crippen molar-refractivity contribution < 1.29 is 25.9 Å². The Morgan fingerprint density at radius 1 is 0.846 bits per heavy atom. The van der Waals surface area contributed by atoms with Crippen molar-refractivity contribution in [2.45, 2.75) is 49.3 Å². The van der Waals surface area contributed by atoms with E-state index in [2.05, 4.69) is 0 Å². The molecule has 0 saturated carbocycles. The molecule has 26 heavy (non-hydrogen) atoms. The average Bonchev–Trinajstić information content (AvgIpc) is 2.50. The first kappa shape index (κ1) is 20.6. The van der Waals surface area contributed by atoms with Crippen LogP contribution < -0.4 is 0 Å². The van der Waals surface area contributed by atoms with Gasteiger partial charge in [0.1, 0.15) is 0 Å². The molecule has 0 saturated heterocycles. The van der Waals surface area contributed by atoms with Crippen LogP contribution in [0, 0.1) is 13.8 Å². The number of hydrogen-bond donors (Lipinski definition) is 2. The second-order valence-corrected chi connectivity index (χ2v) is 9.32. The van der Waals surface area contributed by atoms with Crippen molar-refractivity contribution in [2.24, 2.45) is 0 Å². The zero-order valence-corrected chi connectivity index (χ0v) is 16.4. The van der Waals surface area contributed by atoms with Crippen LogP contribution in [0.15, 0.2) is 46.2 Å². The summed E-state index contributed by atoms with van der Waals surface area (Å²) >= 11 is 0. The van der Waals surface area contributed by atoms with E-state index in [4.69, 9.17) is 0 Å². The molecular formula is C18H22O6S2. The van der Waals surface area contributed by atoms with E-state index in [9.17, 15) is 25.9 Å². The van der Waals surface area contributed by atoms with Gasteiger partial charge in [-0.2, -0.15) is 16.8 Å². The van der Waals surface area contributed by atoms with Crippen LogP contribution in [-0.2, 0) is 26.7 Å². The van der Waals surface area contributed by atoms with Crippen molar-refractivity contribution in [1.82, 2.24) is 0 Å². The lowest BCUT2D eigenvalue weighted by Gasteiger charge is -2.17. The van der Waals surface area contributed by atoms with Crippen molar-refractivity contribution in [3.63, 3.8) is 0 Å². The standard InChI is InChI=1S/C18H22O6S2/c1-12-4-8-17(25(19,20)21)15(10-12)7-6-14(3)16-11-13(2)5-9-18(16)26(22,23)24/h4-5,8-11,14H,6-7H2,1-3H3,(H,19,20,21)(H,22,23,24)/t14-/m0/s1. The topological polar surface area (TPSA) is 109 Å². The molecule has 2 aromatic carbocycles. The third-order valence-corrected chi connectivity index (χ3v) is 6.20. The number of aryl methyl sites for hydroxylation is 3. The van der Waals surface area contributed by atoms with Gasteiger partial charge in [0.2, 0.25) is 0 Å². The molecule has 2 rings (SSSR count). The Kier molecular flexibility index (Phi) is 5.92. The molecule has 0 aliphatic carbocycles. The zero-order chi connectivity index (χ0) is 19.7. The minimum Gasteiger partial charge on any atom is -0.282 e. The summed E-state index contributed by atoms with van der Waals surface area (Å²) in [7, 11) is -8.69. The Bertz CT molecular complexity index is 1020. The fourth-order valence-corrected chi connectivity index (χ4v) is 4.50. The summed E-state index contributed by atoms with van der Waals surface area (Å²) in [6, 6.07) is 9.33. The van der Waals surface area contributed by atoms with Crippen LogP contribution in [-0.4, -0.2) is 25.9 Å². The van der Waals surface area contributed by atoms with E-state index >= 15 is 0 Å². The summed E-state index contributed by atoms with van der Waals surface area (Å²) < 4.78 is 65.2. The molecule has 0 bridgehead atoms. The van der Waals surface area contributed by atoms with Gasteiger partial charge < -0.3 is 0 Å². The van der Waals surface area contributed by atoms with E-state index in [1.165, 1.54) is 12.1 Å². The summed E-state index contributed by atoms with van der Waals surface area (Å²) in [5.41, 5.74) is 2.66. The third kappa shape index (κ3) is 4.91. The van der Waals surface area contributed by atoms with E-state index in [1.54, 1.807) is 24.3 Å². The molecule has 1 atom stereocenters. The van der Waals surface area contributed by atoms with E-state index < -0.39 is 20.2 Å². The van der Waals surface area contributed by atoms with Gasteiger partial charge in [0, 0.05) is 0 Å². The molecule has 0 unspecified atom stereocenters. The Morgan fingerprint density at radius 3 is 1.88 bits per heavy atom. The van der Waals surface area contributed by atoms with Crippen LogP contribution in [0.5, 0.6) is 0 Å². The van der Waals surface area contributed by atoms with Crippen LogP contribution in [0.2, 0.25) is 0 Å². The van der Waals surface area contributed by atoms with Crippen LogP contribution in [0.3, 0.4) is 0 Å². The van der Waals surface area contributed by atoms with Crippen LogP contribution in [0.1, 0.15) is 41.5 Å². The van der Waals surface area contributed by atoms with Crippen molar-refractivity contribution >= 4 is 20.2 Å². The zero-order valence-electron chi connectivity index (χ0n) is 14.8. The maximum absolute atomic E-state index is 11.6. The highest BCUT2D eigenvalue weighted by atomic mass is 32.2. The third-order valence-electron chi connectivity index (χ3n) is 4.31. The monoisotopic (exact) mass is 398 g/mol. The summed E-state index contributed by atoms with van der Waals surface area (Å²) in [6.07, 6.45) is 0.773. The Morgan fingerprint density at radius 2 is 1.35 bits per heavy atom. The van der Waals surface area contributed by atoms with Crippen LogP contribution in [0.4, 0.5) is 0 Å². The molecule has 2 N–H and O–H groups in total. The SMILES string of the molecule is Cc1ccc(S(=O)(=O)O)c(CC[C@H](C)c2cc(C)ccc2S(=O)(=O)O)c1. The normalized spacial score (nSPS) is 13.6. The molecule has 6 nitrogen and oxygen atoms in total. The number of benzene rings is 2. The number of hydrogen-bond acceptors (Lipinski definition) is 4. The predicted octanol–water partition coefficient (Wildman–Crippen LogP) is 3.53. The summed E-state index contributed by atoms with van der Waals surface area (Å²) in [6.45, 7) is 5.45. The average molecular weight is 399 g/mol. The maximum Gasteiger partial charge on any atom is 0.294 e. The van der Waals surface area contributed by atoms with Crippen molar-refractivity contribution in [1.29, 1.82) is 0 Å². The van der Waals surface area contributed by atoms with Crippen LogP contribution in [0.25, 0.3) is 0 Å². The fourth-order valence-electron chi connectivity index (χ4n) is 2.97. The summed E-state index contributed by atoms with van der Waals surface area (Å²) in [5.74, 6) is -0.249. The first-order valence-electron chi connectivity index (χ1n) is 8.04. The molecule has 2 aromatic rings. The fraction of sp³-hybridized carbons (Fsp3) is 0.333. The van der Waals surface area contributed by atoms with E-state index in [0.29, 0.717) is 24.0 Å². The molecule has 0 amide bonds. The van der Waals surface area contributed by atoms with Gasteiger partial charge in [-0.3, -0.25) is 9.11 Å². The van der Waals surface area contributed by atoms with Crippen LogP contribution >= 0.6 is 0 Å². The van der Waals surface area contributed by atoms with Crippen molar-refractivity contribution in [3.8, 4) is 0 Å².